The van der Waals surface area contributed by atoms with Crippen molar-refractivity contribution >= 4 is 27.5 Å². The third-order valence-corrected chi connectivity index (χ3v) is 3.98. The van der Waals surface area contributed by atoms with Crippen molar-refractivity contribution in [1.29, 1.82) is 0 Å². The smallest absolute Gasteiger partial charge is 0.272 e. The molecule has 0 aliphatic carbocycles. The van der Waals surface area contributed by atoms with Crippen LogP contribution in [0.25, 0.3) is 0 Å². The first kappa shape index (κ1) is 15.6. The Balaban J connectivity index is 2.99. The van der Waals surface area contributed by atoms with E-state index in [1.54, 1.807) is 13.8 Å². The van der Waals surface area contributed by atoms with Gasteiger partial charge < -0.3 is 5.32 Å². The summed E-state index contributed by atoms with van der Waals surface area (Å²) < 4.78 is 13.7. The Morgan fingerprint density at radius 1 is 1.53 bits per heavy atom. The molecule has 0 heterocycles. The van der Waals surface area contributed by atoms with Gasteiger partial charge in [-0.1, -0.05) is 22.9 Å². The molecule has 7 heteroatoms. The van der Waals surface area contributed by atoms with Gasteiger partial charge in [-0.05, 0) is 19.9 Å². The molecular weight excluding hydrogens is 319 g/mol. The molecule has 0 aliphatic rings. The molecule has 1 aromatic carbocycles. The van der Waals surface area contributed by atoms with E-state index in [1.165, 1.54) is 0 Å². The molecule has 104 valence electrons. The van der Waals surface area contributed by atoms with E-state index < -0.39 is 22.2 Å². The van der Waals surface area contributed by atoms with Crippen molar-refractivity contribution in [3.05, 3.63) is 39.7 Å². The van der Waals surface area contributed by atoms with Gasteiger partial charge in [0.15, 0.2) is 0 Å². The average Bonchev–Trinajstić information content (AvgIpc) is 2.27. The summed E-state index contributed by atoms with van der Waals surface area (Å²) >= 11 is 3.35. The van der Waals surface area contributed by atoms with E-state index in [0.29, 0.717) is 0 Å². The van der Waals surface area contributed by atoms with Gasteiger partial charge in [0, 0.05) is 16.4 Å². The molecule has 0 aromatic heterocycles. The molecule has 1 atom stereocenters. The number of nitrogens with one attached hydrogen (secondary N) is 1. The molecule has 0 saturated heterocycles. The lowest BCUT2D eigenvalue weighted by Crippen LogP contribution is -2.49. The van der Waals surface area contributed by atoms with Crippen molar-refractivity contribution in [2.24, 2.45) is 0 Å². The number of nitrogens with zero attached hydrogens (tertiary/aromatic N) is 1. The summed E-state index contributed by atoms with van der Waals surface area (Å²) in [7, 11) is 0. The standard InChI is InChI=1S/C12H14BrFN2O3/c1-7(13)12(2,3)15-11(17)9-5-4-8(16(18)19)6-10(9)14/h4-7H,1-3H3,(H,15,17). The Hall–Kier alpha value is -1.50. The van der Waals surface area contributed by atoms with Gasteiger partial charge in [0.2, 0.25) is 0 Å². The number of hydrogen-bond acceptors (Lipinski definition) is 3. The normalized spacial score (nSPS) is 12.9. The van der Waals surface area contributed by atoms with Gasteiger partial charge in [-0.3, -0.25) is 14.9 Å². The molecule has 0 bridgehead atoms. The van der Waals surface area contributed by atoms with Crippen LogP contribution in [-0.2, 0) is 0 Å². The molecule has 1 amide bonds. The molecule has 1 aromatic rings. The van der Waals surface area contributed by atoms with Gasteiger partial charge in [-0.2, -0.15) is 0 Å². The zero-order valence-corrected chi connectivity index (χ0v) is 12.3. The van der Waals surface area contributed by atoms with Gasteiger partial charge in [0.25, 0.3) is 11.6 Å². The molecule has 1 rings (SSSR count). The zero-order valence-electron chi connectivity index (χ0n) is 10.7. The highest BCUT2D eigenvalue weighted by molar-refractivity contribution is 9.09. The predicted octanol–water partition coefficient (Wildman–Crippen LogP) is 3.03. The first-order valence-corrected chi connectivity index (χ1v) is 6.47. The first-order chi connectivity index (χ1) is 8.65. The van der Waals surface area contributed by atoms with Crippen molar-refractivity contribution in [3.8, 4) is 0 Å². The Morgan fingerprint density at radius 2 is 2.11 bits per heavy atom. The predicted molar refractivity (Wildman–Crippen MR) is 73.0 cm³/mol. The molecule has 5 nitrogen and oxygen atoms in total. The third kappa shape index (κ3) is 3.73. The van der Waals surface area contributed by atoms with Crippen molar-refractivity contribution in [1.82, 2.24) is 5.32 Å². The summed E-state index contributed by atoms with van der Waals surface area (Å²) in [5.74, 6) is -1.52. The maximum atomic E-state index is 13.7. The van der Waals surface area contributed by atoms with Crippen LogP contribution >= 0.6 is 15.9 Å². The molecule has 1 unspecified atom stereocenters. The number of benzene rings is 1. The molecule has 0 fully saturated rings. The Labute approximate surface area is 118 Å². The van der Waals surface area contributed by atoms with Crippen LogP contribution in [0.2, 0.25) is 0 Å². The van der Waals surface area contributed by atoms with Crippen molar-refractivity contribution < 1.29 is 14.1 Å². The topological polar surface area (TPSA) is 72.2 Å². The summed E-state index contributed by atoms with van der Waals surface area (Å²) in [6, 6.07) is 2.94. The SMILES string of the molecule is CC(Br)C(C)(C)NC(=O)c1ccc([N+](=O)[O-])cc1F. The van der Waals surface area contributed by atoms with E-state index in [-0.39, 0.29) is 16.1 Å². The van der Waals surface area contributed by atoms with E-state index in [1.807, 2.05) is 6.92 Å². The van der Waals surface area contributed by atoms with E-state index >= 15 is 0 Å². The van der Waals surface area contributed by atoms with Crippen LogP contribution in [0.1, 0.15) is 31.1 Å². The quantitative estimate of drug-likeness (QED) is 0.523. The molecule has 0 saturated carbocycles. The Bertz CT molecular complexity index is 518. The molecule has 0 spiro atoms. The zero-order chi connectivity index (χ0) is 14.8. The van der Waals surface area contributed by atoms with Crippen LogP contribution < -0.4 is 5.32 Å². The van der Waals surface area contributed by atoms with Gasteiger partial charge >= 0.3 is 0 Å². The van der Waals surface area contributed by atoms with E-state index in [0.717, 1.165) is 18.2 Å². The summed E-state index contributed by atoms with van der Waals surface area (Å²) in [5.41, 5.74) is -1.18. The molecule has 1 N–H and O–H groups in total. The second-order valence-corrected chi connectivity index (χ2v) is 6.09. The highest BCUT2D eigenvalue weighted by atomic mass is 79.9. The number of halogens is 2. The summed E-state index contributed by atoms with van der Waals surface area (Å²) in [6.07, 6.45) is 0. The third-order valence-electron chi connectivity index (χ3n) is 2.84. The molecule has 0 aliphatic heterocycles. The van der Waals surface area contributed by atoms with Crippen molar-refractivity contribution in [3.63, 3.8) is 0 Å². The minimum Gasteiger partial charge on any atom is -0.346 e. The second kappa shape index (κ2) is 5.64. The van der Waals surface area contributed by atoms with Crippen LogP contribution in [0.5, 0.6) is 0 Å². The summed E-state index contributed by atoms with van der Waals surface area (Å²) in [5, 5.41) is 13.2. The number of hydrogen-bond donors (Lipinski definition) is 1. The van der Waals surface area contributed by atoms with E-state index in [9.17, 15) is 19.3 Å². The lowest BCUT2D eigenvalue weighted by molar-refractivity contribution is -0.385. The van der Waals surface area contributed by atoms with Crippen LogP contribution in [-0.4, -0.2) is 21.2 Å². The van der Waals surface area contributed by atoms with Gasteiger partial charge in [0.05, 0.1) is 16.6 Å². The number of non-ortho nitro benzene ring substituents is 1. The number of nitro benzene ring substituents is 1. The number of nitro groups is 1. The monoisotopic (exact) mass is 332 g/mol. The van der Waals surface area contributed by atoms with Gasteiger partial charge in [0.1, 0.15) is 5.82 Å². The van der Waals surface area contributed by atoms with Crippen LogP contribution in [0.3, 0.4) is 0 Å². The first-order valence-electron chi connectivity index (χ1n) is 5.55. The van der Waals surface area contributed by atoms with Crippen LogP contribution in [0.4, 0.5) is 10.1 Å². The fourth-order valence-electron chi connectivity index (χ4n) is 1.26. The number of carbonyl (C=O) groups excluding carboxylic acids is 1. The second-order valence-electron chi connectivity index (χ2n) is 4.71. The maximum absolute atomic E-state index is 13.7. The largest absolute Gasteiger partial charge is 0.346 e. The highest BCUT2D eigenvalue weighted by Crippen LogP contribution is 2.20. The van der Waals surface area contributed by atoms with Crippen LogP contribution in [0, 0.1) is 15.9 Å². The van der Waals surface area contributed by atoms with E-state index in [4.69, 9.17) is 0 Å². The van der Waals surface area contributed by atoms with Gasteiger partial charge in [-0.15, -0.1) is 0 Å². The average molecular weight is 333 g/mol. The number of carbonyl (C=O) groups is 1. The minimum atomic E-state index is -0.912. The van der Waals surface area contributed by atoms with E-state index in [2.05, 4.69) is 21.2 Å². The minimum absolute atomic E-state index is 0.0231. The maximum Gasteiger partial charge on any atom is 0.272 e. The fourth-order valence-corrected chi connectivity index (χ4v) is 1.38. The highest BCUT2D eigenvalue weighted by Gasteiger charge is 2.27. The number of alkyl halides is 1. The molecule has 0 radical (unpaired) electrons. The lowest BCUT2D eigenvalue weighted by atomic mass is 10.0. The van der Waals surface area contributed by atoms with Crippen molar-refractivity contribution in [2.45, 2.75) is 31.1 Å². The molecular formula is C12H14BrFN2O3. The number of amides is 1. The van der Waals surface area contributed by atoms with Crippen LogP contribution in [0.15, 0.2) is 18.2 Å². The Morgan fingerprint density at radius 3 is 2.53 bits per heavy atom. The molecule has 19 heavy (non-hydrogen) atoms. The lowest BCUT2D eigenvalue weighted by Gasteiger charge is -2.29. The number of rotatable bonds is 4. The summed E-state index contributed by atoms with van der Waals surface area (Å²) in [6.45, 7) is 5.42. The van der Waals surface area contributed by atoms with Crippen molar-refractivity contribution in [2.75, 3.05) is 0 Å². The summed E-state index contributed by atoms with van der Waals surface area (Å²) in [4.78, 5) is 21.7. The fraction of sp³-hybridized carbons (Fsp3) is 0.417. The Kier molecular flexibility index (Phi) is 4.62. The van der Waals surface area contributed by atoms with Gasteiger partial charge in [-0.25, -0.2) is 4.39 Å².